The summed E-state index contributed by atoms with van der Waals surface area (Å²) in [5.41, 5.74) is 12.0. The van der Waals surface area contributed by atoms with Gasteiger partial charge in [-0.25, -0.2) is 0 Å². The van der Waals surface area contributed by atoms with E-state index in [4.69, 9.17) is 4.21 Å². The first-order valence-corrected chi connectivity index (χ1v) is 25.2. The quantitative estimate of drug-likeness (QED) is 0.154. The van der Waals surface area contributed by atoms with Crippen LogP contribution >= 0.6 is 24.8 Å². The number of hydrogen-bond donors (Lipinski definition) is 0. The summed E-state index contributed by atoms with van der Waals surface area (Å²) >= 11 is -5.11. The second-order valence-corrected chi connectivity index (χ2v) is 30.9. The van der Waals surface area contributed by atoms with Gasteiger partial charge in [0.1, 0.15) is 0 Å². The number of hydrogen-bond acceptors (Lipinski definition) is 0. The fourth-order valence-corrected chi connectivity index (χ4v) is 25.1. The van der Waals surface area contributed by atoms with Crippen molar-refractivity contribution in [1.29, 1.82) is 0 Å². The van der Waals surface area contributed by atoms with E-state index in [1.165, 1.54) is 48.8 Å². The van der Waals surface area contributed by atoms with Crippen LogP contribution in [0.1, 0.15) is 109 Å². The summed E-state index contributed by atoms with van der Waals surface area (Å²) in [7, 11) is 0. The van der Waals surface area contributed by atoms with E-state index >= 15 is 0 Å². The Kier molecular flexibility index (Phi) is 11.6. The number of rotatable bonds is 7. The maximum absolute atomic E-state index is 5.90. The molecule has 0 fully saturated rings. The van der Waals surface area contributed by atoms with Crippen molar-refractivity contribution in [2.24, 2.45) is 11.3 Å². The second-order valence-electron chi connectivity index (χ2n) is 18.2. The molecular weight excluding hydrogens is 751 g/mol. The Hall–Kier alpha value is -2.83. The molecule has 3 heteroatoms. The summed E-state index contributed by atoms with van der Waals surface area (Å²) in [5.74, 6) is 0.302. The van der Waals surface area contributed by atoms with Gasteiger partial charge in [0.2, 0.25) is 0 Å². The summed E-state index contributed by atoms with van der Waals surface area (Å²) in [6.45, 7) is 31.8. The topological polar surface area (TPSA) is 0 Å². The van der Waals surface area contributed by atoms with Crippen LogP contribution in [-0.2, 0) is 35.5 Å². The molecule has 0 saturated carbocycles. The number of benzene rings is 4. The third-order valence-electron chi connectivity index (χ3n) is 11.9. The van der Waals surface area contributed by atoms with Crippen LogP contribution in [0.2, 0.25) is 0 Å². The maximum atomic E-state index is 5.90. The van der Waals surface area contributed by atoms with Crippen molar-refractivity contribution in [2.45, 2.75) is 92.9 Å². The van der Waals surface area contributed by atoms with Crippen LogP contribution in [0, 0.1) is 11.3 Å². The van der Waals surface area contributed by atoms with E-state index < -0.39 is 18.3 Å². The Morgan fingerprint density at radius 2 is 1.15 bits per heavy atom. The predicted octanol–water partition coefficient (Wildman–Crippen LogP) is 12.3. The number of allylic oxidation sites excluding steroid dienone is 4. The largest absolute Gasteiger partial charge is 0.147 e. The molecular formula is C49H60Cl2Zr. The van der Waals surface area contributed by atoms with Crippen molar-refractivity contribution >= 4 is 51.0 Å². The van der Waals surface area contributed by atoms with Crippen molar-refractivity contribution in [3.8, 4) is 11.1 Å². The van der Waals surface area contributed by atoms with E-state index in [9.17, 15) is 0 Å². The minimum atomic E-state index is -5.11. The molecule has 6 rings (SSSR count). The summed E-state index contributed by atoms with van der Waals surface area (Å²) in [6, 6.07) is 31.2. The molecule has 0 radical (unpaired) electrons. The van der Waals surface area contributed by atoms with Crippen LogP contribution in [0.15, 0.2) is 113 Å². The van der Waals surface area contributed by atoms with Crippen molar-refractivity contribution in [3.05, 3.63) is 146 Å². The summed E-state index contributed by atoms with van der Waals surface area (Å²) in [6.07, 6.45) is 11.2. The minimum Gasteiger partial charge on any atom is -0.147 e. The average molecular weight is 811 g/mol. The molecule has 0 amide bonds. The molecule has 2 aliphatic rings. The van der Waals surface area contributed by atoms with E-state index in [1.54, 1.807) is 3.28 Å². The summed E-state index contributed by atoms with van der Waals surface area (Å²) in [5, 5.41) is 0. The molecule has 0 spiro atoms. The van der Waals surface area contributed by atoms with Gasteiger partial charge in [-0.1, -0.05) is 0 Å². The van der Waals surface area contributed by atoms with Crippen LogP contribution < -0.4 is 9.81 Å². The van der Waals surface area contributed by atoms with E-state index in [1.807, 2.05) is 12.2 Å². The first-order valence-electron chi connectivity index (χ1n) is 18.6. The molecule has 1 unspecified atom stereocenters. The molecule has 0 aromatic heterocycles. The zero-order chi connectivity index (χ0) is 36.5. The molecule has 0 bridgehead atoms. The van der Waals surface area contributed by atoms with Gasteiger partial charge < -0.3 is 0 Å². The van der Waals surface area contributed by atoms with Crippen LogP contribution in [0.4, 0.5) is 0 Å². The van der Waals surface area contributed by atoms with Gasteiger partial charge in [-0.05, 0) is 0 Å². The van der Waals surface area contributed by atoms with Gasteiger partial charge in [-0.3, -0.25) is 0 Å². The average Bonchev–Trinajstić information content (AvgIpc) is 3.69. The molecule has 2 aliphatic carbocycles. The van der Waals surface area contributed by atoms with Gasteiger partial charge in [-0.2, -0.15) is 0 Å². The van der Waals surface area contributed by atoms with Gasteiger partial charge in [-0.15, -0.1) is 24.8 Å². The van der Waals surface area contributed by atoms with Gasteiger partial charge in [0.05, 0.1) is 0 Å². The zero-order valence-electron chi connectivity index (χ0n) is 33.2. The van der Waals surface area contributed by atoms with E-state index in [2.05, 4.69) is 173 Å². The summed E-state index contributed by atoms with van der Waals surface area (Å²) in [4.78, 5) is 0. The Morgan fingerprint density at radius 1 is 0.654 bits per heavy atom. The third-order valence-corrected chi connectivity index (χ3v) is 28.3. The van der Waals surface area contributed by atoms with E-state index in [0.29, 0.717) is 5.92 Å². The Bertz CT molecular complexity index is 2070. The van der Waals surface area contributed by atoms with E-state index in [-0.39, 0.29) is 41.1 Å². The number of halogens is 2. The third kappa shape index (κ3) is 6.74. The molecule has 0 heterocycles. The van der Waals surface area contributed by atoms with Gasteiger partial charge in [0.15, 0.2) is 0 Å². The minimum absolute atomic E-state index is 0. The molecule has 0 aliphatic heterocycles. The molecule has 52 heavy (non-hydrogen) atoms. The van der Waals surface area contributed by atoms with Gasteiger partial charge >= 0.3 is 306 Å². The Balaban J connectivity index is 0.00000302. The normalized spacial score (nSPS) is 15.8. The molecule has 4 aromatic carbocycles. The second kappa shape index (κ2) is 14.4. The van der Waals surface area contributed by atoms with Crippen LogP contribution in [0.5, 0.6) is 0 Å². The molecule has 0 nitrogen and oxygen atoms in total. The first kappa shape index (κ1) is 41.9. The SMILES string of the molecule is C=Cc1ccc2c(c1)-c1cc(C=C)c[c]([Zr](=[CH2])([C]3=CC(C(C)(C)C)=CC3CC)([c]3ccc(C(C)(C)C)cc3)[c]3ccc(C(C)(C)C)cc3)c1C2.Cl.Cl. The maximum Gasteiger partial charge on any atom is -0.147 e. The van der Waals surface area contributed by atoms with Gasteiger partial charge in [0.25, 0.3) is 0 Å². The van der Waals surface area contributed by atoms with Crippen molar-refractivity contribution in [1.82, 2.24) is 0 Å². The monoisotopic (exact) mass is 808 g/mol. The fraction of sp³-hybridized carbons (Fsp3) is 0.327. The van der Waals surface area contributed by atoms with Crippen LogP contribution in [0.3, 0.4) is 0 Å². The Labute approximate surface area is 328 Å². The summed E-state index contributed by atoms with van der Waals surface area (Å²) < 4.78 is 11.7. The molecule has 0 N–H and O–H groups in total. The standard InChI is InChI=1S/C17H13.C11H17.2C10H13.CH2.2ClH.Zr/c1-3-12-5-7-14-11-15-8-6-13(4-2)10-17(15)16(14)9-12;1-5-9-6-7-10(8-9)11(2,3)4;2*1-10(2,3)9-7-5-4-6-8-9;;;;/h3-7,9-10H,1-2,11H2;7-9H,5H2,1-4H3;2*5-8H,1-3H3;1H2;2*1H;. The molecule has 0 saturated heterocycles. The molecule has 274 valence electrons. The zero-order valence-corrected chi connectivity index (χ0v) is 37.3. The van der Waals surface area contributed by atoms with Gasteiger partial charge in [0, 0.05) is 0 Å². The molecule has 1 atom stereocenters. The first-order chi connectivity index (χ1) is 23.3. The van der Waals surface area contributed by atoms with E-state index in [0.717, 1.165) is 24.0 Å². The smallest absolute Gasteiger partial charge is 0.147 e. The molecule has 4 aromatic rings. The van der Waals surface area contributed by atoms with Crippen molar-refractivity contribution < 1.29 is 18.3 Å². The number of fused-ring (bicyclic) bond motifs is 3. The van der Waals surface area contributed by atoms with Crippen LogP contribution in [0.25, 0.3) is 23.3 Å². The Morgan fingerprint density at radius 3 is 1.60 bits per heavy atom. The predicted molar refractivity (Wildman–Crippen MR) is 235 cm³/mol. The van der Waals surface area contributed by atoms with Crippen molar-refractivity contribution in [2.75, 3.05) is 0 Å². The van der Waals surface area contributed by atoms with Crippen LogP contribution in [-0.4, -0.2) is 4.21 Å². The fourth-order valence-electron chi connectivity index (χ4n) is 8.70. The van der Waals surface area contributed by atoms with Crippen molar-refractivity contribution in [3.63, 3.8) is 0 Å².